The number of hydrogen-bond acceptors (Lipinski definition) is 4. The number of amides is 1. The van der Waals surface area contributed by atoms with Crippen LogP contribution in [0.4, 0.5) is 0 Å². The van der Waals surface area contributed by atoms with Crippen LogP contribution in [0.3, 0.4) is 0 Å². The maximum Gasteiger partial charge on any atom is 0.258 e. The summed E-state index contributed by atoms with van der Waals surface area (Å²) in [7, 11) is 3.22. The number of carbonyl (C=O) groups excluding carboxylic acids is 1. The van der Waals surface area contributed by atoms with Gasteiger partial charge in [0.05, 0.1) is 5.52 Å². The van der Waals surface area contributed by atoms with Gasteiger partial charge in [0.1, 0.15) is 30.3 Å². The van der Waals surface area contributed by atoms with Gasteiger partial charge in [-0.25, -0.2) is 0 Å². The summed E-state index contributed by atoms with van der Waals surface area (Å²) < 4.78 is 11.2. The molecule has 1 amide bonds. The van der Waals surface area contributed by atoms with Crippen molar-refractivity contribution in [1.29, 1.82) is 0 Å². The van der Waals surface area contributed by atoms with Crippen molar-refractivity contribution in [3.8, 4) is 11.5 Å². The lowest BCUT2D eigenvalue weighted by atomic mass is 10.1. The van der Waals surface area contributed by atoms with Crippen LogP contribution in [0.1, 0.15) is 10.4 Å². The monoisotopic (exact) mass is 352 g/mol. The predicted molar refractivity (Wildman–Crippen MR) is 100 cm³/mol. The summed E-state index contributed by atoms with van der Waals surface area (Å²) in [5.41, 5.74) is 0.440. The van der Waals surface area contributed by atoms with E-state index in [9.17, 15) is 9.59 Å². The van der Waals surface area contributed by atoms with E-state index in [0.29, 0.717) is 29.9 Å². The third kappa shape index (κ3) is 3.85. The van der Waals surface area contributed by atoms with Crippen molar-refractivity contribution in [2.45, 2.75) is 0 Å². The van der Waals surface area contributed by atoms with E-state index in [2.05, 4.69) is 4.98 Å². The number of fused-ring (bicyclic) bond motifs is 1. The SMILES string of the molecule is CN(C)C(=O)c1c[nH]c2cc(OCCOc3ccccc3)ccc2c1=O. The minimum atomic E-state index is -0.327. The molecule has 0 aliphatic heterocycles. The van der Waals surface area contributed by atoms with Crippen molar-refractivity contribution < 1.29 is 14.3 Å². The van der Waals surface area contributed by atoms with E-state index in [1.54, 1.807) is 32.3 Å². The fraction of sp³-hybridized carbons (Fsp3) is 0.200. The molecule has 0 fully saturated rings. The van der Waals surface area contributed by atoms with Gasteiger partial charge in [-0.1, -0.05) is 18.2 Å². The number of benzene rings is 2. The number of rotatable bonds is 6. The Morgan fingerprint density at radius 1 is 1.00 bits per heavy atom. The molecule has 0 spiro atoms. The number of hydrogen-bond donors (Lipinski definition) is 1. The molecule has 0 aliphatic rings. The Kier molecular flexibility index (Phi) is 5.22. The summed E-state index contributed by atoms with van der Waals surface area (Å²) in [4.78, 5) is 28.9. The zero-order valence-electron chi connectivity index (χ0n) is 14.7. The van der Waals surface area contributed by atoms with Gasteiger partial charge in [0.25, 0.3) is 5.91 Å². The fourth-order valence-electron chi connectivity index (χ4n) is 2.53. The van der Waals surface area contributed by atoms with Crippen molar-refractivity contribution in [1.82, 2.24) is 9.88 Å². The third-order valence-electron chi connectivity index (χ3n) is 3.85. The van der Waals surface area contributed by atoms with Crippen LogP contribution in [0.5, 0.6) is 11.5 Å². The first kappa shape index (κ1) is 17.5. The smallest absolute Gasteiger partial charge is 0.258 e. The maximum absolute atomic E-state index is 12.5. The van der Waals surface area contributed by atoms with E-state index < -0.39 is 0 Å². The maximum atomic E-state index is 12.5. The number of aromatic nitrogens is 1. The number of nitrogens with one attached hydrogen (secondary N) is 1. The molecule has 0 saturated heterocycles. The highest BCUT2D eigenvalue weighted by Crippen LogP contribution is 2.18. The summed E-state index contributed by atoms with van der Waals surface area (Å²) in [5, 5.41) is 0.450. The predicted octanol–water partition coefficient (Wildman–Crippen LogP) is 2.69. The lowest BCUT2D eigenvalue weighted by Crippen LogP contribution is -2.27. The van der Waals surface area contributed by atoms with Crippen LogP contribution >= 0.6 is 0 Å². The van der Waals surface area contributed by atoms with Gasteiger partial charge in [0.2, 0.25) is 5.43 Å². The molecule has 6 heteroatoms. The fourth-order valence-corrected chi connectivity index (χ4v) is 2.53. The topological polar surface area (TPSA) is 71.6 Å². The second-order valence-corrected chi connectivity index (χ2v) is 5.95. The molecule has 3 aromatic rings. The summed E-state index contributed by atoms with van der Waals surface area (Å²) in [6.45, 7) is 0.788. The van der Waals surface area contributed by atoms with Crippen LogP contribution in [0.15, 0.2) is 59.5 Å². The van der Waals surface area contributed by atoms with Crippen LogP contribution in [0, 0.1) is 0 Å². The Balaban J connectivity index is 1.68. The van der Waals surface area contributed by atoms with Crippen molar-refractivity contribution in [2.75, 3.05) is 27.3 Å². The molecule has 134 valence electrons. The summed E-state index contributed by atoms with van der Waals surface area (Å²) in [5.74, 6) is 1.08. The van der Waals surface area contributed by atoms with E-state index in [-0.39, 0.29) is 16.9 Å². The van der Waals surface area contributed by atoms with E-state index >= 15 is 0 Å². The van der Waals surface area contributed by atoms with Crippen LogP contribution in [-0.2, 0) is 0 Å². The number of H-pyrrole nitrogens is 1. The molecule has 1 aromatic heterocycles. The molecule has 0 unspecified atom stereocenters. The van der Waals surface area contributed by atoms with Crippen LogP contribution < -0.4 is 14.9 Å². The zero-order valence-corrected chi connectivity index (χ0v) is 14.7. The van der Waals surface area contributed by atoms with Gasteiger partial charge < -0.3 is 19.4 Å². The van der Waals surface area contributed by atoms with E-state index in [0.717, 1.165) is 5.75 Å². The largest absolute Gasteiger partial charge is 0.490 e. The Morgan fingerprint density at radius 2 is 1.69 bits per heavy atom. The van der Waals surface area contributed by atoms with Crippen molar-refractivity contribution in [3.63, 3.8) is 0 Å². The normalized spacial score (nSPS) is 10.5. The molecule has 2 aromatic carbocycles. The number of aromatic amines is 1. The van der Waals surface area contributed by atoms with Crippen molar-refractivity contribution >= 4 is 16.8 Å². The zero-order chi connectivity index (χ0) is 18.5. The Bertz CT molecular complexity index is 964. The minimum absolute atomic E-state index is 0.118. The standard InChI is InChI=1S/C20H20N2O4/c1-22(2)20(24)17-13-21-18-12-15(8-9-16(18)19(17)23)26-11-10-25-14-6-4-3-5-7-14/h3-9,12-13H,10-11H2,1-2H3,(H,21,23). The summed E-state index contributed by atoms with van der Waals surface area (Å²) in [6, 6.07) is 14.6. The molecule has 3 rings (SSSR count). The van der Waals surface area contributed by atoms with Gasteiger partial charge in [0, 0.05) is 31.7 Å². The number of nitrogens with zero attached hydrogens (tertiary/aromatic N) is 1. The van der Waals surface area contributed by atoms with E-state index in [4.69, 9.17) is 9.47 Å². The number of carbonyl (C=O) groups is 1. The van der Waals surface area contributed by atoms with Gasteiger partial charge in [-0.3, -0.25) is 9.59 Å². The summed E-state index contributed by atoms with van der Waals surface area (Å²) in [6.07, 6.45) is 1.44. The van der Waals surface area contributed by atoms with Gasteiger partial charge in [0.15, 0.2) is 0 Å². The van der Waals surface area contributed by atoms with Gasteiger partial charge in [-0.2, -0.15) is 0 Å². The number of para-hydroxylation sites is 1. The Hall–Kier alpha value is -3.28. The second-order valence-electron chi connectivity index (χ2n) is 5.95. The van der Waals surface area contributed by atoms with Crippen LogP contribution in [0.2, 0.25) is 0 Å². The quantitative estimate of drug-likeness (QED) is 0.693. The summed E-state index contributed by atoms with van der Waals surface area (Å²) >= 11 is 0. The molecule has 1 heterocycles. The average Bonchev–Trinajstić information content (AvgIpc) is 2.66. The number of ether oxygens (including phenoxy) is 2. The van der Waals surface area contributed by atoms with Gasteiger partial charge >= 0.3 is 0 Å². The third-order valence-corrected chi connectivity index (χ3v) is 3.85. The molecule has 26 heavy (non-hydrogen) atoms. The lowest BCUT2D eigenvalue weighted by molar-refractivity contribution is 0.0826. The molecule has 0 aliphatic carbocycles. The molecule has 0 saturated carbocycles. The Labute approximate surface area is 151 Å². The molecule has 6 nitrogen and oxygen atoms in total. The van der Waals surface area contributed by atoms with E-state index in [1.807, 2.05) is 30.3 Å². The lowest BCUT2D eigenvalue weighted by Gasteiger charge is -2.11. The number of pyridine rings is 1. The average molecular weight is 352 g/mol. The van der Waals surface area contributed by atoms with E-state index in [1.165, 1.54) is 11.1 Å². The molecule has 0 atom stereocenters. The molecule has 0 radical (unpaired) electrons. The minimum Gasteiger partial charge on any atom is -0.490 e. The molecular formula is C20H20N2O4. The molecule has 0 bridgehead atoms. The first-order valence-electron chi connectivity index (χ1n) is 8.24. The Morgan fingerprint density at radius 3 is 2.38 bits per heavy atom. The second kappa shape index (κ2) is 7.74. The van der Waals surface area contributed by atoms with Gasteiger partial charge in [-0.05, 0) is 24.3 Å². The first-order chi connectivity index (χ1) is 12.6. The first-order valence-corrected chi connectivity index (χ1v) is 8.24. The van der Waals surface area contributed by atoms with Crippen LogP contribution in [0.25, 0.3) is 10.9 Å². The highest BCUT2D eigenvalue weighted by molar-refractivity contribution is 5.97. The highest BCUT2D eigenvalue weighted by atomic mass is 16.5. The highest BCUT2D eigenvalue weighted by Gasteiger charge is 2.14. The van der Waals surface area contributed by atoms with Gasteiger partial charge in [-0.15, -0.1) is 0 Å². The van der Waals surface area contributed by atoms with Crippen molar-refractivity contribution in [3.05, 3.63) is 70.5 Å². The molecular weight excluding hydrogens is 332 g/mol. The molecule has 1 N–H and O–H groups in total. The van der Waals surface area contributed by atoms with Crippen molar-refractivity contribution in [2.24, 2.45) is 0 Å². The van der Waals surface area contributed by atoms with Crippen LogP contribution in [-0.4, -0.2) is 43.1 Å².